The van der Waals surface area contributed by atoms with Crippen LogP contribution in [-0.4, -0.2) is 32.1 Å². The van der Waals surface area contributed by atoms with Crippen molar-refractivity contribution in [2.24, 2.45) is 5.92 Å². The van der Waals surface area contributed by atoms with E-state index >= 15 is 0 Å². The molecule has 0 aliphatic rings. The van der Waals surface area contributed by atoms with Crippen molar-refractivity contribution in [3.8, 4) is 11.5 Å². The summed E-state index contributed by atoms with van der Waals surface area (Å²) in [6.07, 6.45) is 0. The Labute approximate surface area is 159 Å². The van der Waals surface area contributed by atoms with E-state index in [1.165, 1.54) is 0 Å². The lowest BCUT2D eigenvalue weighted by Gasteiger charge is -2.22. The number of hydrogen-bond donors (Lipinski definition) is 2. The van der Waals surface area contributed by atoms with Gasteiger partial charge in [0, 0.05) is 12.1 Å². The largest absolute Gasteiger partial charge is 0.493 e. The van der Waals surface area contributed by atoms with Crippen LogP contribution in [0.15, 0.2) is 48.5 Å². The van der Waals surface area contributed by atoms with Crippen molar-refractivity contribution in [1.82, 2.24) is 10.6 Å². The normalized spacial score (nSPS) is 11.6. The van der Waals surface area contributed by atoms with E-state index in [-0.39, 0.29) is 17.7 Å². The van der Waals surface area contributed by atoms with Crippen molar-refractivity contribution in [3.05, 3.63) is 59.7 Å². The van der Waals surface area contributed by atoms with E-state index in [4.69, 9.17) is 9.47 Å². The molecule has 1 unspecified atom stereocenters. The number of methoxy groups -OCH3 is 2. The highest BCUT2D eigenvalue weighted by Crippen LogP contribution is 2.27. The molecule has 6 heteroatoms. The van der Waals surface area contributed by atoms with Crippen molar-refractivity contribution >= 4 is 11.8 Å². The van der Waals surface area contributed by atoms with E-state index in [1.807, 2.05) is 32.0 Å². The summed E-state index contributed by atoms with van der Waals surface area (Å²) < 4.78 is 10.5. The summed E-state index contributed by atoms with van der Waals surface area (Å²) in [4.78, 5) is 25.0. The molecule has 2 amide bonds. The first-order valence-corrected chi connectivity index (χ1v) is 8.80. The van der Waals surface area contributed by atoms with Crippen molar-refractivity contribution in [2.75, 3.05) is 14.2 Å². The van der Waals surface area contributed by atoms with Crippen LogP contribution < -0.4 is 20.1 Å². The van der Waals surface area contributed by atoms with Gasteiger partial charge in [0.2, 0.25) is 5.91 Å². The molecule has 2 N–H and O–H groups in total. The van der Waals surface area contributed by atoms with Crippen LogP contribution in [0.2, 0.25) is 0 Å². The zero-order chi connectivity index (χ0) is 19.8. The lowest BCUT2D eigenvalue weighted by Crippen LogP contribution is -2.49. The number of hydrogen-bond acceptors (Lipinski definition) is 4. The Morgan fingerprint density at radius 1 is 0.963 bits per heavy atom. The van der Waals surface area contributed by atoms with E-state index in [2.05, 4.69) is 10.6 Å². The van der Waals surface area contributed by atoms with Gasteiger partial charge < -0.3 is 20.1 Å². The highest BCUT2D eigenvalue weighted by atomic mass is 16.5. The second-order valence-electron chi connectivity index (χ2n) is 6.47. The molecule has 0 saturated carbocycles. The zero-order valence-electron chi connectivity index (χ0n) is 16.1. The summed E-state index contributed by atoms with van der Waals surface area (Å²) in [6, 6.07) is 13.7. The Balaban J connectivity index is 2.02. The highest BCUT2D eigenvalue weighted by Gasteiger charge is 2.24. The second kappa shape index (κ2) is 9.62. The minimum Gasteiger partial charge on any atom is -0.493 e. The van der Waals surface area contributed by atoms with Crippen LogP contribution in [0.1, 0.15) is 29.8 Å². The van der Waals surface area contributed by atoms with Crippen LogP contribution in [0.3, 0.4) is 0 Å². The molecule has 1 atom stereocenters. The van der Waals surface area contributed by atoms with Crippen LogP contribution in [0.4, 0.5) is 0 Å². The van der Waals surface area contributed by atoms with Gasteiger partial charge in [-0.3, -0.25) is 9.59 Å². The summed E-state index contributed by atoms with van der Waals surface area (Å²) in [5.41, 5.74) is 1.40. The van der Waals surface area contributed by atoms with Crippen LogP contribution in [-0.2, 0) is 11.3 Å². The van der Waals surface area contributed by atoms with Crippen LogP contribution in [0, 0.1) is 5.92 Å². The van der Waals surface area contributed by atoms with E-state index < -0.39 is 6.04 Å². The summed E-state index contributed by atoms with van der Waals surface area (Å²) >= 11 is 0. The van der Waals surface area contributed by atoms with Gasteiger partial charge in [-0.2, -0.15) is 0 Å². The van der Waals surface area contributed by atoms with E-state index in [9.17, 15) is 9.59 Å². The SMILES string of the molecule is COc1ccc(CNC(=O)C(NC(=O)c2ccccc2)C(C)C)cc1OC. The smallest absolute Gasteiger partial charge is 0.251 e. The van der Waals surface area contributed by atoms with E-state index in [0.717, 1.165) is 5.56 Å². The van der Waals surface area contributed by atoms with Gasteiger partial charge in [-0.05, 0) is 35.7 Å². The summed E-state index contributed by atoms with van der Waals surface area (Å²) in [5, 5.41) is 5.69. The van der Waals surface area contributed by atoms with Gasteiger partial charge in [0.15, 0.2) is 11.5 Å². The van der Waals surface area contributed by atoms with Gasteiger partial charge in [-0.1, -0.05) is 38.1 Å². The van der Waals surface area contributed by atoms with Crippen LogP contribution >= 0.6 is 0 Å². The number of carbonyl (C=O) groups is 2. The molecule has 2 aromatic rings. The Bertz CT molecular complexity index is 775. The molecule has 0 aliphatic carbocycles. The number of ether oxygens (including phenoxy) is 2. The topological polar surface area (TPSA) is 76.7 Å². The number of carbonyl (C=O) groups excluding carboxylic acids is 2. The maximum absolute atomic E-state index is 12.6. The van der Waals surface area contributed by atoms with Crippen molar-refractivity contribution in [3.63, 3.8) is 0 Å². The number of benzene rings is 2. The zero-order valence-corrected chi connectivity index (χ0v) is 16.1. The predicted octanol–water partition coefficient (Wildman–Crippen LogP) is 2.77. The fraction of sp³-hybridized carbons (Fsp3) is 0.333. The lowest BCUT2D eigenvalue weighted by molar-refractivity contribution is -0.124. The molecule has 144 valence electrons. The average Bonchev–Trinajstić information content (AvgIpc) is 2.70. The average molecular weight is 370 g/mol. The maximum atomic E-state index is 12.6. The minimum absolute atomic E-state index is 0.0527. The third kappa shape index (κ3) is 5.48. The standard InChI is InChI=1S/C21H26N2O4/c1-14(2)19(23-20(24)16-8-6-5-7-9-16)21(25)22-13-15-10-11-17(26-3)18(12-15)27-4/h5-12,14,19H,13H2,1-4H3,(H,22,25)(H,23,24). The second-order valence-corrected chi connectivity index (χ2v) is 6.47. The Morgan fingerprint density at radius 3 is 2.22 bits per heavy atom. The lowest BCUT2D eigenvalue weighted by atomic mass is 10.0. The highest BCUT2D eigenvalue weighted by molar-refractivity contribution is 5.97. The molecule has 27 heavy (non-hydrogen) atoms. The Kier molecular flexibility index (Phi) is 7.23. The number of nitrogens with one attached hydrogen (secondary N) is 2. The van der Waals surface area contributed by atoms with Gasteiger partial charge >= 0.3 is 0 Å². The fourth-order valence-corrected chi connectivity index (χ4v) is 2.64. The maximum Gasteiger partial charge on any atom is 0.251 e. The molecule has 0 fully saturated rings. The van der Waals surface area contributed by atoms with Gasteiger partial charge in [-0.25, -0.2) is 0 Å². The Morgan fingerprint density at radius 2 is 1.63 bits per heavy atom. The van der Waals surface area contributed by atoms with Gasteiger partial charge in [0.1, 0.15) is 6.04 Å². The molecule has 2 aromatic carbocycles. The molecule has 0 radical (unpaired) electrons. The van der Waals surface area contributed by atoms with Crippen LogP contribution in [0.25, 0.3) is 0 Å². The molecule has 0 heterocycles. The molecule has 0 aliphatic heterocycles. The quantitative estimate of drug-likeness (QED) is 0.749. The molecule has 0 saturated heterocycles. The first-order chi connectivity index (χ1) is 13.0. The molecule has 6 nitrogen and oxygen atoms in total. The molecular weight excluding hydrogens is 344 g/mol. The number of amides is 2. The minimum atomic E-state index is -0.627. The van der Waals surface area contributed by atoms with E-state index in [1.54, 1.807) is 44.6 Å². The monoisotopic (exact) mass is 370 g/mol. The van der Waals surface area contributed by atoms with E-state index in [0.29, 0.717) is 23.6 Å². The van der Waals surface area contributed by atoms with Crippen molar-refractivity contribution in [2.45, 2.75) is 26.4 Å². The van der Waals surface area contributed by atoms with Gasteiger partial charge in [0.25, 0.3) is 5.91 Å². The molecule has 0 spiro atoms. The van der Waals surface area contributed by atoms with Gasteiger partial charge in [0.05, 0.1) is 14.2 Å². The Hall–Kier alpha value is -3.02. The number of rotatable bonds is 8. The third-order valence-corrected chi connectivity index (χ3v) is 4.19. The first kappa shape index (κ1) is 20.3. The van der Waals surface area contributed by atoms with Crippen LogP contribution in [0.5, 0.6) is 11.5 Å². The molecular formula is C21H26N2O4. The molecule has 2 rings (SSSR count). The molecule has 0 bridgehead atoms. The summed E-state index contributed by atoms with van der Waals surface area (Å²) in [5.74, 6) is 0.674. The predicted molar refractivity (Wildman–Crippen MR) is 104 cm³/mol. The third-order valence-electron chi connectivity index (χ3n) is 4.19. The first-order valence-electron chi connectivity index (χ1n) is 8.80. The summed E-state index contributed by atoms with van der Waals surface area (Å²) in [7, 11) is 3.13. The van der Waals surface area contributed by atoms with Gasteiger partial charge in [-0.15, -0.1) is 0 Å². The fourth-order valence-electron chi connectivity index (χ4n) is 2.64. The van der Waals surface area contributed by atoms with Crippen molar-refractivity contribution < 1.29 is 19.1 Å². The van der Waals surface area contributed by atoms with Crippen molar-refractivity contribution in [1.29, 1.82) is 0 Å². The molecule has 0 aromatic heterocycles. The summed E-state index contributed by atoms with van der Waals surface area (Å²) in [6.45, 7) is 4.11.